The van der Waals surface area contributed by atoms with Gasteiger partial charge in [-0.1, -0.05) is 17.9 Å². The predicted molar refractivity (Wildman–Crippen MR) is 90.5 cm³/mol. The van der Waals surface area contributed by atoms with Crippen LogP contribution < -0.4 is 4.90 Å². The van der Waals surface area contributed by atoms with Gasteiger partial charge in [0.25, 0.3) is 0 Å². The summed E-state index contributed by atoms with van der Waals surface area (Å²) < 4.78 is 13.2. The van der Waals surface area contributed by atoms with E-state index in [2.05, 4.69) is 34.6 Å². The number of thiazole rings is 1. The third-order valence-corrected chi connectivity index (χ3v) is 4.69. The molecule has 0 N–H and O–H groups in total. The first-order valence-corrected chi connectivity index (χ1v) is 8.87. The van der Waals surface area contributed by atoms with Crippen LogP contribution in [0.1, 0.15) is 13.3 Å². The average Bonchev–Trinajstić information content (AvgIpc) is 2.95. The Morgan fingerprint density at radius 1 is 1.43 bits per heavy atom. The van der Waals surface area contributed by atoms with E-state index >= 15 is 0 Å². The molecule has 21 heavy (non-hydrogen) atoms. The first-order chi connectivity index (χ1) is 10.2. The normalized spacial score (nSPS) is 10.6. The maximum atomic E-state index is 13.2. The van der Waals surface area contributed by atoms with Crippen LogP contribution in [0.5, 0.6) is 0 Å². The summed E-state index contributed by atoms with van der Waals surface area (Å²) in [6.45, 7) is 7.09. The van der Waals surface area contributed by atoms with Crippen LogP contribution in [0.15, 0.2) is 36.9 Å². The molecule has 6 heteroatoms. The van der Waals surface area contributed by atoms with E-state index in [-0.39, 0.29) is 5.82 Å². The molecule has 0 unspecified atom stereocenters. The average molecular weight is 323 g/mol. The molecule has 0 fully saturated rings. The number of halogens is 1. The van der Waals surface area contributed by atoms with E-state index in [1.54, 1.807) is 6.20 Å². The lowest BCUT2D eigenvalue weighted by Crippen LogP contribution is -2.20. The molecule has 0 radical (unpaired) electrons. The quantitative estimate of drug-likeness (QED) is 0.753. The fourth-order valence-electron chi connectivity index (χ4n) is 1.94. The van der Waals surface area contributed by atoms with Crippen LogP contribution in [0.25, 0.3) is 10.6 Å². The van der Waals surface area contributed by atoms with Crippen molar-refractivity contribution >= 4 is 28.1 Å². The number of thioether (sulfide) groups is 1. The minimum absolute atomic E-state index is 0.346. The summed E-state index contributed by atoms with van der Waals surface area (Å²) >= 11 is 3.34. The Kier molecular flexibility index (Phi) is 5.76. The minimum Gasteiger partial charge on any atom is -0.337 e. The molecule has 0 aliphatic heterocycles. The molecule has 2 aromatic rings. The van der Waals surface area contributed by atoms with Gasteiger partial charge in [0, 0.05) is 24.0 Å². The Balaban J connectivity index is 2.19. The van der Waals surface area contributed by atoms with Crippen molar-refractivity contribution < 1.29 is 4.39 Å². The molecule has 0 aliphatic rings. The summed E-state index contributed by atoms with van der Waals surface area (Å²) in [6, 6.07) is 1.45. The van der Waals surface area contributed by atoms with Crippen molar-refractivity contribution in [1.82, 2.24) is 9.97 Å². The number of nitrogens with zero attached hydrogens (tertiary/aromatic N) is 3. The lowest BCUT2D eigenvalue weighted by molar-refractivity contribution is 0.622. The Morgan fingerprint density at radius 3 is 2.90 bits per heavy atom. The highest BCUT2D eigenvalue weighted by atomic mass is 32.2. The first kappa shape index (κ1) is 16.0. The summed E-state index contributed by atoms with van der Waals surface area (Å²) in [7, 11) is 0. The van der Waals surface area contributed by atoms with Crippen LogP contribution in [0.3, 0.4) is 0 Å². The van der Waals surface area contributed by atoms with Gasteiger partial charge in [0.05, 0.1) is 12.4 Å². The topological polar surface area (TPSA) is 29.0 Å². The predicted octanol–water partition coefficient (Wildman–Crippen LogP) is 4.44. The molecule has 0 spiro atoms. The molecule has 2 aromatic heterocycles. The lowest BCUT2D eigenvalue weighted by Gasteiger charge is -2.22. The summed E-state index contributed by atoms with van der Waals surface area (Å²) in [5.41, 5.74) is 1.79. The molecule has 0 atom stereocenters. The highest BCUT2D eigenvalue weighted by molar-refractivity contribution is 7.98. The Labute approximate surface area is 132 Å². The monoisotopic (exact) mass is 323 g/mol. The maximum absolute atomic E-state index is 13.2. The fraction of sp³-hybridized carbons (Fsp3) is 0.333. The van der Waals surface area contributed by atoms with Gasteiger partial charge in [-0.15, -0.1) is 0 Å². The number of anilines is 1. The molecule has 0 saturated carbocycles. The van der Waals surface area contributed by atoms with Crippen LogP contribution >= 0.6 is 23.1 Å². The lowest BCUT2D eigenvalue weighted by atomic mass is 10.3. The maximum Gasteiger partial charge on any atom is 0.142 e. The third kappa shape index (κ3) is 4.04. The van der Waals surface area contributed by atoms with E-state index in [0.717, 1.165) is 34.4 Å². The van der Waals surface area contributed by atoms with Crippen LogP contribution in [-0.2, 0) is 0 Å². The summed E-state index contributed by atoms with van der Waals surface area (Å²) in [5, 5.41) is 1.80. The zero-order chi connectivity index (χ0) is 15.2. The first-order valence-electron chi connectivity index (χ1n) is 6.66. The smallest absolute Gasteiger partial charge is 0.142 e. The van der Waals surface area contributed by atoms with Crippen LogP contribution in [0.2, 0.25) is 0 Å². The second-order valence-corrected chi connectivity index (χ2v) is 6.44. The molecular formula is C15H18FN3S2. The number of pyridine rings is 1. The number of rotatable bonds is 7. The molecular weight excluding hydrogens is 305 g/mol. The van der Waals surface area contributed by atoms with Gasteiger partial charge in [-0.25, -0.2) is 9.37 Å². The Hall–Kier alpha value is -1.40. The van der Waals surface area contributed by atoms with Gasteiger partial charge in [0.15, 0.2) is 0 Å². The van der Waals surface area contributed by atoms with Gasteiger partial charge in [-0.2, -0.15) is 11.8 Å². The second kappa shape index (κ2) is 7.56. The van der Waals surface area contributed by atoms with Crippen molar-refractivity contribution in [1.29, 1.82) is 0 Å². The highest BCUT2D eigenvalue weighted by Gasteiger charge is 2.13. The van der Waals surface area contributed by atoms with Gasteiger partial charge in [-0.3, -0.25) is 4.98 Å². The van der Waals surface area contributed by atoms with Crippen molar-refractivity contribution in [2.45, 2.75) is 13.3 Å². The van der Waals surface area contributed by atoms with E-state index < -0.39 is 0 Å². The highest BCUT2D eigenvalue weighted by Crippen LogP contribution is 2.32. The molecule has 0 aliphatic carbocycles. The van der Waals surface area contributed by atoms with Crippen molar-refractivity contribution in [2.24, 2.45) is 0 Å². The molecule has 2 heterocycles. The fourth-order valence-corrected chi connectivity index (χ4v) is 3.39. The molecule has 0 aromatic carbocycles. The van der Waals surface area contributed by atoms with Gasteiger partial charge in [0.1, 0.15) is 15.8 Å². The summed E-state index contributed by atoms with van der Waals surface area (Å²) in [5.74, 6) is 0.704. The van der Waals surface area contributed by atoms with E-state index in [0.29, 0.717) is 5.56 Å². The Bertz CT molecular complexity index is 612. The molecule has 112 valence electrons. The zero-order valence-electron chi connectivity index (χ0n) is 12.2. The van der Waals surface area contributed by atoms with Crippen molar-refractivity contribution in [3.8, 4) is 10.6 Å². The molecule has 0 amide bonds. The molecule has 2 rings (SSSR count). The largest absolute Gasteiger partial charge is 0.337 e. The minimum atomic E-state index is -0.346. The standard InChI is InChI=1S/C15H18FN3S2/c1-4-19(11(2)5-6-20-3)14-10-18-15(21-14)12-7-13(16)9-17-8-12/h7-10H,2,4-6H2,1,3H3. The Morgan fingerprint density at radius 2 is 2.24 bits per heavy atom. The van der Waals surface area contributed by atoms with E-state index in [4.69, 9.17) is 0 Å². The number of hydrogen-bond acceptors (Lipinski definition) is 5. The van der Waals surface area contributed by atoms with Gasteiger partial charge in [-0.05, 0) is 31.4 Å². The number of hydrogen-bond donors (Lipinski definition) is 0. The summed E-state index contributed by atoms with van der Waals surface area (Å²) in [4.78, 5) is 10.4. The summed E-state index contributed by atoms with van der Waals surface area (Å²) in [6.07, 6.45) is 7.68. The molecule has 0 saturated heterocycles. The third-order valence-electron chi connectivity index (χ3n) is 3.00. The number of aromatic nitrogens is 2. The number of allylic oxidation sites excluding steroid dienone is 1. The SMILES string of the molecule is C=C(CCSC)N(CC)c1cnc(-c2cncc(F)c2)s1. The van der Waals surface area contributed by atoms with E-state index in [9.17, 15) is 4.39 Å². The van der Waals surface area contributed by atoms with Crippen LogP contribution in [0, 0.1) is 5.82 Å². The van der Waals surface area contributed by atoms with E-state index in [1.807, 2.05) is 18.0 Å². The van der Waals surface area contributed by atoms with Gasteiger partial charge in [0.2, 0.25) is 0 Å². The van der Waals surface area contributed by atoms with Crippen molar-refractivity contribution in [3.63, 3.8) is 0 Å². The molecule has 0 bridgehead atoms. The van der Waals surface area contributed by atoms with Crippen molar-refractivity contribution in [3.05, 3.63) is 42.8 Å². The van der Waals surface area contributed by atoms with E-state index in [1.165, 1.54) is 23.6 Å². The van der Waals surface area contributed by atoms with Crippen LogP contribution in [0.4, 0.5) is 9.39 Å². The van der Waals surface area contributed by atoms with Gasteiger partial charge >= 0.3 is 0 Å². The van der Waals surface area contributed by atoms with Crippen LogP contribution in [-0.4, -0.2) is 28.5 Å². The second-order valence-electron chi connectivity index (χ2n) is 4.45. The van der Waals surface area contributed by atoms with Crippen molar-refractivity contribution in [2.75, 3.05) is 23.5 Å². The van der Waals surface area contributed by atoms with Gasteiger partial charge < -0.3 is 4.90 Å². The zero-order valence-corrected chi connectivity index (χ0v) is 13.8. The molecule has 3 nitrogen and oxygen atoms in total.